The first-order chi connectivity index (χ1) is 9.88. The molecule has 20 heavy (non-hydrogen) atoms. The molecule has 0 amide bonds. The highest BCUT2D eigenvalue weighted by molar-refractivity contribution is 5.40. The molecule has 0 saturated heterocycles. The minimum absolute atomic E-state index is 0.0933. The van der Waals surface area contributed by atoms with Crippen LogP contribution >= 0.6 is 0 Å². The van der Waals surface area contributed by atoms with Crippen molar-refractivity contribution in [2.75, 3.05) is 13.1 Å². The van der Waals surface area contributed by atoms with E-state index in [4.69, 9.17) is 9.97 Å². The van der Waals surface area contributed by atoms with Crippen LogP contribution in [0.2, 0.25) is 0 Å². The van der Waals surface area contributed by atoms with Gasteiger partial charge in [0, 0.05) is 24.9 Å². The van der Waals surface area contributed by atoms with E-state index in [1.165, 1.54) is 29.7 Å². The second-order valence-corrected chi connectivity index (χ2v) is 5.86. The first kappa shape index (κ1) is 12.0. The van der Waals surface area contributed by atoms with Crippen LogP contribution in [0.15, 0.2) is 36.5 Å². The maximum atomic E-state index is 4.93. The highest BCUT2D eigenvalue weighted by Gasteiger charge is 2.48. The Hall–Kier alpha value is -1.74. The van der Waals surface area contributed by atoms with Gasteiger partial charge < -0.3 is 5.32 Å². The van der Waals surface area contributed by atoms with Gasteiger partial charge in [-0.2, -0.15) is 0 Å². The summed E-state index contributed by atoms with van der Waals surface area (Å²) < 4.78 is 0. The summed E-state index contributed by atoms with van der Waals surface area (Å²) in [5.74, 6) is 1.03. The van der Waals surface area contributed by atoms with Crippen molar-refractivity contribution in [3.05, 3.63) is 59.2 Å². The Labute approximate surface area is 119 Å². The predicted octanol–water partition coefficient (Wildman–Crippen LogP) is 2.24. The third-order valence-corrected chi connectivity index (χ3v) is 4.57. The summed E-state index contributed by atoms with van der Waals surface area (Å²) in [6.07, 6.45) is 6.49. The minimum atomic E-state index is 0.0933. The molecule has 0 bridgehead atoms. The van der Waals surface area contributed by atoms with Gasteiger partial charge in [0.05, 0.1) is 5.41 Å². The molecule has 102 valence electrons. The van der Waals surface area contributed by atoms with Crippen molar-refractivity contribution >= 4 is 0 Å². The standard InChI is InChI=1S/C17H19N3/c1-2-4-14(5-3-1)17(8-9-17)16-19-12-13-6-10-18-11-7-15(13)20-16/h1-5,12,18H,6-11H2. The summed E-state index contributed by atoms with van der Waals surface area (Å²) in [6.45, 7) is 2.07. The zero-order valence-electron chi connectivity index (χ0n) is 11.6. The molecular formula is C17H19N3. The van der Waals surface area contributed by atoms with E-state index < -0.39 is 0 Å². The van der Waals surface area contributed by atoms with Crippen LogP contribution < -0.4 is 5.32 Å². The van der Waals surface area contributed by atoms with Gasteiger partial charge in [-0.1, -0.05) is 30.3 Å². The van der Waals surface area contributed by atoms with Crippen LogP contribution in [0.4, 0.5) is 0 Å². The summed E-state index contributed by atoms with van der Waals surface area (Å²) in [5.41, 5.74) is 4.03. The van der Waals surface area contributed by atoms with Crippen LogP contribution in [0.25, 0.3) is 0 Å². The molecule has 1 saturated carbocycles. The number of rotatable bonds is 2. The molecule has 1 aromatic carbocycles. The van der Waals surface area contributed by atoms with Crippen LogP contribution in [-0.4, -0.2) is 23.1 Å². The predicted molar refractivity (Wildman–Crippen MR) is 78.8 cm³/mol. The fourth-order valence-corrected chi connectivity index (χ4v) is 3.18. The number of aromatic nitrogens is 2. The first-order valence-corrected chi connectivity index (χ1v) is 7.50. The summed E-state index contributed by atoms with van der Waals surface area (Å²) >= 11 is 0. The summed E-state index contributed by atoms with van der Waals surface area (Å²) in [4.78, 5) is 9.64. The summed E-state index contributed by atoms with van der Waals surface area (Å²) in [6, 6.07) is 10.7. The average Bonchev–Trinajstić information content (AvgIpc) is 3.32. The second-order valence-electron chi connectivity index (χ2n) is 5.86. The molecule has 2 aromatic rings. The Balaban J connectivity index is 1.74. The highest BCUT2D eigenvalue weighted by atomic mass is 14.9. The highest BCUT2D eigenvalue weighted by Crippen LogP contribution is 2.52. The van der Waals surface area contributed by atoms with E-state index in [-0.39, 0.29) is 5.41 Å². The third kappa shape index (κ3) is 1.93. The van der Waals surface area contributed by atoms with Crippen molar-refractivity contribution in [2.45, 2.75) is 31.1 Å². The van der Waals surface area contributed by atoms with E-state index in [0.29, 0.717) is 0 Å². The molecule has 1 aliphatic heterocycles. The molecule has 3 nitrogen and oxygen atoms in total. The zero-order chi connectivity index (χ0) is 13.4. The van der Waals surface area contributed by atoms with E-state index in [1.54, 1.807) is 0 Å². The number of nitrogens with one attached hydrogen (secondary N) is 1. The third-order valence-electron chi connectivity index (χ3n) is 4.57. The van der Waals surface area contributed by atoms with Gasteiger partial charge in [0.15, 0.2) is 0 Å². The number of hydrogen-bond donors (Lipinski definition) is 1. The lowest BCUT2D eigenvalue weighted by Crippen LogP contribution is -2.16. The van der Waals surface area contributed by atoms with Crippen molar-refractivity contribution < 1.29 is 0 Å². The number of nitrogens with zero attached hydrogens (tertiary/aromatic N) is 2. The monoisotopic (exact) mass is 265 g/mol. The maximum Gasteiger partial charge on any atom is 0.139 e. The molecule has 0 unspecified atom stereocenters. The van der Waals surface area contributed by atoms with Crippen molar-refractivity contribution in [3.8, 4) is 0 Å². The molecular weight excluding hydrogens is 246 g/mol. The van der Waals surface area contributed by atoms with E-state index >= 15 is 0 Å². The van der Waals surface area contributed by atoms with Crippen LogP contribution in [0.3, 0.4) is 0 Å². The molecule has 2 aliphatic rings. The van der Waals surface area contributed by atoms with Crippen molar-refractivity contribution in [1.82, 2.24) is 15.3 Å². The fourth-order valence-electron chi connectivity index (χ4n) is 3.18. The summed E-state index contributed by atoms with van der Waals surface area (Å²) in [5, 5.41) is 3.43. The minimum Gasteiger partial charge on any atom is -0.316 e. The van der Waals surface area contributed by atoms with Gasteiger partial charge in [-0.15, -0.1) is 0 Å². The molecule has 1 aliphatic carbocycles. The number of benzene rings is 1. The Morgan fingerprint density at radius 2 is 1.80 bits per heavy atom. The molecule has 0 spiro atoms. The smallest absolute Gasteiger partial charge is 0.139 e. The zero-order valence-corrected chi connectivity index (χ0v) is 11.6. The molecule has 0 atom stereocenters. The molecule has 2 heterocycles. The SMILES string of the molecule is c1ccc(C2(c3ncc4c(n3)CCNCC4)CC2)cc1. The Bertz CT molecular complexity index is 617. The van der Waals surface area contributed by atoms with E-state index in [2.05, 4.69) is 41.8 Å². The number of fused-ring (bicyclic) bond motifs is 1. The lowest BCUT2D eigenvalue weighted by Gasteiger charge is -2.16. The fraction of sp³-hybridized carbons (Fsp3) is 0.412. The lowest BCUT2D eigenvalue weighted by atomic mass is 9.94. The van der Waals surface area contributed by atoms with Gasteiger partial charge in [0.2, 0.25) is 0 Å². The number of hydrogen-bond acceptors (Lipinski definition) is 3. The van der Waals surface area contributed by atoms with Gasteiger partial charge in [0.1, 0.15) is 5.82 Å². The van der Waals surface area contributed by atoms with Crippen LogP contribution in [0.5, 0.6) is 0 Å². The average molecular weight is 265 g/mol. The molecule has 0 radical (unpaired) electrons. The van der Waals surface area contributed by atoms with Gasteiger partial charge >= 0.3 is 0 Å². The molecule has 1 aromatic heterocycles. The first-order valence-electron chi connectivity index (χ1n) is 7.50. The molecule has 1 N–H and O–H groups in total. The van der Waals surface area contributed by atoms with E-state index in [0.717, 1.165) is 31.8 Å². The van der Waals surface area contributed by atoms with Gasteiger partial charge in [-0.25, -0.2) is 9.97 Å². The summed E-state index contributed by atoms with van der Waals surface area (Å²) in [7, 11) is 0. The van der Waals surface area contributed by atoms with Crippen molar-refractivity contribution in [3.63, 3.8) is 0 Å². The van der Waals surface area contributed by atoms with Crippen LogP contribution in [-0.2, 0) is 18.3 Å². The van der Waals surface area contributed by atoms with E-state index in [9.17, 15) is 0 Å². The topological polar surface area (TPSA) is 37.8 Å². The van der Waals surface area contributed by atoms with Gasteiger partial charge in [-0.3, -0.25) is 0 Å². The Kier molecular flexibility index (Phi) is 2.81. The molecule has 4 rings (SSSR count). The van der Waals surface area contributed by atoms with Gasteiger partial charge in [-0.05, 0) is 36.9 Å². The largest absolute Gasteiger partial charge is 0.316 e. The molecule has 1 fully saturated rings. The maximum absolute atomic E-state index is 4.93. The van der Waals surface area contributed by atoms with Crippen molar-refractivity contribution in [2.24, 2.45) is 0 Å². The Morgan fingerprint density at radius 1 is 1.00 bits per heavy atom. The van der Waals surface area contributed by atoms with Crippen LogP contribution in [0, 0.1) is 0 Å². The molecule has 3 heteroatoms. The Morgan fingerprint density at radius 3 is 2.60 bits per heavy atom. The lowest BCUT2D eigenvalue weighted by molar-refractivity contribution is 0.704. The quantitative estimate of drug-likeness (QED) is 0.905. The van der Waals surface area contributed by atoms with Crippen LogP contribution in [0.1, 0.15) is 35.5 Å². The van der Waals surface area contributed by atoms with Crippen molar-refractivity contribution in [1.29, 1.82) is 0 Å². The second kappa shape index (κ2) is 4.67. The van der Waals surface area contributed by atoms with Gasteiger partial charge in [0.25, 0.3) is 0 Å². The van der Waals surface area contributed by atoms with E-state index in [1.807, 2.05) is 0 Å². The normalized spacial score (nSPS) is 20.0.